The highest BCUT2D eigenvalue weighted by molar-refractivity contribution is 7.16. The molecule has 0 saturated heterocycles. The quantitative estimate of drug-likeness (QED) is 0.738. The summed E-state index contributed by atoms with van der Waals surface area (Å²) >= 11 is 1.50. The first kappa shape index (κ1) is 15.4. The Bertz CT molecular complexity index is 853. The number of hydrogen-bond donors (Lipinski definition) is 1. The summed E-state index contributed by atoms with van der Waals surface area (Å²) in [5.74, 6) is -0.112. The first-order valence-electron chi connectivity index (χ1n) is 7.46. The van der Waals surface area contributed by atoms with Gasteiger partial charge in [0.1, 0.15) is 0 Å². The molecule has 3 aromatic rings. The average molecular weight is 322 g/mol. The van der Waals surface area contributed by atoms with Gasteiger partial charge in [-0.1, -0.05) is 42.5 Å². The minimum atomic E-state index is -0.112. The third kappa shape index (κ3) is 3.17. The number of carbonyl (C=O) groups excluding carboxylic acids is 1. The van der Waals surface area contributed by atoms with Gasteiger partial charge in [-0.15, -0.1) is 11.3 Å². The normalized spacial score (nSPS) is 10.6. The summed E-state index contributed by atoms with van der Waals surface area (Å²) in [5.41, 5.74) is 4.79. The van der Waals surface area contributed by atoms with Crippen LogP contribution >= 0.6 is 11.3 Å². The molecular formula is C19H18N2OS. The maximum absolute atomic E-state index is 12.5. The lowest BCUT2D eigenvalue weighted by Gasteiger charge is -2.07. The van der Waals surface area contributed by atoms with E-state index in [4.69, 9.17) is 0 Å². The zero-order valence-corrected chi connectivity index (χ0v) is 14.2. The summed E-state index contributed by atoms with van der Waals surface area (Å²) < 4.78 is 0. The molecule has 1 N–H and O–H groups in total. The van der Waals surface area contributed by atoms with Crippen molar-refractivity contribution in [2.45, 2.75) is 20.8 Å². The van der Waals surface area contributed by atoms with Crippen molar-refractivity contribution in [1.82, 2.24) is 4.98 Å². The van der Waals surface area contributed by atoms with Gasteiger partial charge < -0.3 is 0 Å². The van der Waals surface area contributed by atoms with E-state index in [-0.39, 0.29) is 5.91 Å². The molecule has 0 spiro atoms. The van der Waals surface area contributed by atoms with E-state index in [9.17, 15) is 4.79 Å². The molecule has 23 heavy (non-hydrogen) atoms. The van der Waals surface area contributed by atoms with Gasteiger partial charge in [-0.2, -0.15) is 0 Å². The molecule has 1 aromatic heterocycles. The minimum absolute atomic E-state index is 0.112. The van der Waals surface area contributed by atoms with Crippen LogP contribution in [0.3, 0.4) is 0 Å². The lowest BCUT2D eigenvalue weighted by molar-refractivity contribution is 0.102. The van der Waals surface area contributed by atoms with Crippen molar-refractivity contribution in [1.29, 1.82) is 0 Å². The molecular weight excluding hydrogens is 304 g/mol. The Morgan fingerprint density at radius 1 is 1.00 bits per heavy atom. The predicted octanol–water partition coefficient (Wildman–Crippen LogP) is 4.99. The van der Waals surface area contributed by atoms with Crippen LogP contribution in [0.4, 0.5) is 5.13 Å². The van der Waals surface area contributed by atoms with Gasteiger partial charge in [-0.25, -0.2) is 4.98 Å². The van der Waals surface area contributed by atoms with Crippen molar-refractivity contribution >= 4 is 22.4 Å². The Hall–Kier alpha value is -2.46. The van der Waals surface area contributed by atoms with Gasteiger partial charge in [-0.05, 0) is 38.0 Å². The molecule has 116 valence electrons. The fourth-order valence-electron chi connectivity index (χ4n) is 2.48. The number of rotatable bonds is 3. The molecule has 0 saturated carbocycles. The molecule has 3 nitrogen and oxygen atoms in total. The van der Waals surface area contributed by atoms with Crippen LogP contribution in [0.15, 0.2) is 48.5 Å². The Morgan fingerprint density at radius 3 is 2.48 bits per heavy atom. The van der Waals surface area contributed by atoms with Crippen LogP contribution in [0.2, 0.25) is 0 Å². The van der Waals surface area contributed by atoms with Gasteiger partial charge in [0.15, 0.2) is 5.13 Å². The smallest absolute Gasteiger partial charge is 0.257 e. The first-order chi connectivity index (χ1) is 11.1. The second kappa shape index (κ2) is 6.34. The van der Waals surface area contributed by atoms with Gasteiger partial charge in [0.05, 0.1) is 5.69 Å². The Balaban J connectivity index is 1.87. The Labute approximate surface area is 140 Å². The number of aromatic nitrogens is 1. The zero-order chi connectivity index (χ0) is 16.4. The molecule has 4 heteroatoms. The number of benzene rings is 2. The highest BCUT2D eigenvalue weighted by Crippen LogP contribution is 2.30. The molecule has 0 aliphatic carbocycles. The van der Waals surface area contributed by atoms with Crippen LogP contribution in [-0.4, -0.2) is 10.9 Å². The van der Waals surface area contributed by atoms with E-state index < -0.39 is 0 Å². The SMILES string of the molecule is Cc1cccc(C(=O)Nc2nc(-c3ccccc3)c(C)s2)c1C. The molecule has 1 heterocycles. The second-order valence-corrected chi connectivity index (χ2v) is 6.69. The monoisotopic (exact) mass is 322 g/mol. The number of aryl methyl sites for hydroxylation is 2. The first-order valence-corrected chi connectivity index (χ1v) is 8.28. The van der Waals surface area contributed by atoms with Gasteiger partial charge in [0, 0.05) is 16.0 Å². The lowest BCUT2D eigenvalue weighted by Crippen LogP contribution is -2.13. The summed E-state index contributed by atoms with van der Waals surface area (Å²) in [6, 6.07) is 15.8. The average Bonchev–Trinajstić information content (AvgIpc) is 2.91. The zero-order valence-electron chi connectivity index (χ0n) is 13.4. The van der Waals surface area contributed by atoms with E-state index in [0.717, 1.165) is 27.3 Å². The minimum Gasteiger partial charge on any atom is -0.298 e. The standard InChI is InChI=1S/C19H18N2OS/c1-12-8-7-11-16(13(12)2)18(22)21-19-20-17(14(3)23-19)15-9-5-4-6-10-15/h4-11H,1-3H3,(H,20,21,22). The molecule has 0 aliphatic heterocycles. The summed E-state index contributed by atoms with van der Waals surface area (Å²) in [7, 11) is 0. The third-order valence-electron chi connectivity index (χ3n) is 3.91. The van der Waals surface area contributed by atoms with Crippen molar-refractivity contribution in [3.05, 3.63) is 70.1 Å². The Morgan fingerprint density at radius 2 is 1.74 bits per heavy atom. The van der Waals surface area contributed by atoms with Crippen molar-refractivity contribution in [2.24, 2.45) is 0 Å². The number of nitrogens with zero attached hydrogens (tertiary/aromatic N) is 1. The number of amides is 1. The molecule has 0 unspecified atom stereocenters. The topological polar surface area (TPSA) is 42.0 Å². The van der Waals surface area contributed by atoms with E-state index in [0.29, 0.717) is 10.7 Å². The van der Waals surface area contributed by atoms with Crippen molar-refractivity contribution < 1.29 is 4.79 Å². The number of nitrogens with one attached hydrogen (secondary N) is 1. The molecule has 3 rings (SSSR count). The summed E-state index contributed by atoms with van der Waals surface area (Å²) in [4.78, 5) is 18.2. The highest BCUT2D eigenvalue weighted by atomic mass is 32.1. The van der Waals surface area contributed by atoms with Crippen LogP contribution in [0.5, 0.6) is 0 Å². The van der Waals surface area contributed by atoms with E-state index >= 15 is 0 Å². The fraction of sp³-hybridized carbons (Fsp3) is 0.158. The summed E-state index contributed by atoms with van der Waals surface area (Å²) in [6.45, 7) is 5.99. The molecule has 1 amide bonds. The molecule has 0 atom stereocenters. The van der Waals surface area contributed by atoms with E-state index in [1.54, 1.807) is 0 Å². The Kier molecular flexibility index (Phi) is 4.26. The van der Waals surface area contributed by atoms with Crippen LogP contribution in [0, 0.1) is 20.8 Å². The largest absolute Gasteiger partial charge is 0.298 e. The highest BCUT2D eigenvalue weighted by Gasteiger charge is 2.14. The molecule has 2 aromatic carbocycles. The van der Waals surface area contributed by atoms with Crippen LogP contribution in [0.25, 0.3) is 11.3 Å². The summed E-state index contributed by atoms with van der Waals surface area (Å²) in [6.07, 6.45) is 0. The van der Waals surface area contributed by atoms with Crippen LogP contribution < -0.4 is 5.32 Å². The lowest BCUT2D eigenvalue weighted by atomic mass is 10.0. The molecule has 0 radical (unpaired) electrons. The van der Waals surface area contributed by atoms with Gasteiger partial charge in [0.2, 0.25) is 0 Å². The second-order valence-electron chi connectivity index (χ2n) is 5.49. The van der Waals surface area contributed by atoms with Gasteiger partial charge in [-0.3, -0.25) is 10.1 Å². The van der Waals surface area contributed by atoms with Crippen molar-refractivity contribution in [3.63, 3.8) is 0 Å². The molecule has 0 bridgehead atoms. The number of thiazole rings is 1. The van der Waals surface area contributed by atoms with Crippen LogP contribution in [0.1, 0.15) is 26.4 Å². The van der Waals surface area contributed by atoms with Crippen molar-refractivity contribution in [2.75, 3.05) is 5.32 Å². The maximum atomic E-state index is 12.5. The van der Waals surface area contributed by atoms with E-state index in [2.05, 4.69) is 10.3 Å². The van der Waals surface area contributed by atoms with E-state index in [1.165, 1.54) is 11.3 Å². The maximum Gasteiger partial charge on any atom is 0.257 e. The molecule has 0 aliphatic rings. The number of anilines is 1. The molecule has 0 fully saturated rings. The number of carbonyl (C=O) groups is 1. The van der Waals surface area contributed by atoms with Crippen molar-refractivity contribution in [3.8, 4) is 11.3 Å². The fourth-order valence-corrected chi connectivity index (χ4v) is 3.31. The number of hydrogen-bond acceptors (Lipinski definition) is 3. The van der Waals surface area contributed by atoms with E-state index in [1.807, 2.05) is 69.3 Å². The summed E-state index contributed by atoms with van der Waals surface area (Å²) in [5, 5.41) is 3.56. The van der Waals surface area contributed by atoms with Crippen LogP contribution in [-0.2, 0) is 0 Å². The van der Waals surface area contributed by atoms with Gasteiger partial charge >= 0.3 is 0 Å². The predicted molar refractivity (Wildman–Crippen MR) is 96.2 cm³/mol. The third-order valence-corrected chi connectivity index (χ3v) is 4.80. The van der Waals surface area contributed by atoms with Gasteiger partial charge in [0.25, 0.3) is 5.91 Å².